The Labute approximate surface area is 117 Å². The summed E-state index contributed by atoms with van der Waals surface area (Å²) in [5, 5.41) is 0. The predicted octanol–water partition coefficient (Wildman–Crippen LogP) is 3.98. The van der Waals surface area contributed by atoms with Crippen molar-refractivity contribution in [3.05, 3.63) is 47.9 Å². The molecule has 0 aliphatic carbocycles. The van der Waals surface area contributed by atoms with Crippen molar-refractivity contribution in [3.8, 4) is 0 Å². The summed E-state index contributed by atoms with van der Waals surface area (Å²) in [7, 11) is -0.254. The van der Waals surface area contributed by atoms with Crippen LogP contribution in [-0.4, -0.2) is 18.3 Å². The maximum absolute atomic E-state index is 5.94. The van der Waals surface area contributed by atoms with Gasteiger partial charge in [0.05, 0.1) is 11.2 Å². The highest BCUT2D eigenvalue weighted by atomic mass is 16.7. The summed E-state index contributed by atoms with van der Waals surface area (Å²) in [6.07, 6.45) is 2.15. The molecule has 1 aliphatic rings. The first-order valence-corrected chi connectivity index (χ1v) is 6.91. The van der Waals surface area contributed by atoms with Crippen LogP contribution in [0.15, 0.2) is 42.4 Å². The molecule has 0 radical (unpaired) electrons. The maximum atomic E-state index is 5.94. The van der Waals surface area contributed by atoms with E-state index in [2.05, 4.69) is 65.0 Å². The van der Waals surface area contributed by atoms with Gasteiger partial charge in [-0.1, -0.05) is 49.3 Å². The van der Waals surface area contributed by atoms with Gasteiger partial charge >= 0.3 is 7.12 Å². The highest BCUT2D eigenvalue weighted by Gasteiger charge is 2.49. The molecule has 102 valence electrons. The third-order valence-corrected chi connectivity index (χ3v) is 4.15. The van der Waals surface area contributed by atoms with Crippen LogP contribution < -0.4 is 0 Å². The molecule has 2 rings (SSSR count). The van der Waals surface area contributed by atoms with E-state index in [0.29, 0.717) is 5.92 Å². The molecule has 1 aliphatic heterocycles. The van der Waals surface area contributed by atoms with E-state index in [0.717, 1.165) is 0 Å². The Bertz CT molecular complexity index is 435. The van der Waals surface area contributed by atoms with E-state index in [1.807, 2.05) is 12.0 Å². The van der Waals surface area contributed by atoms with Crippen LogP contribution in [0.5, 0.6) is 0 Å². The molecular weight excluding hydrogens is 235 g/mol. The summed E-state index contributed by atoms with van der Waals surface area (Å²) in [5.41, 5.74) is 0.769. The molecule has 0 bridgehead atoms. The lowest BCUT2D eigenvalue weighted by atomic mass is 9.87. The van der Waals surface area contributed by atoms with Crippen LogP contribution >= 0.6 is 0 Å². The van der Waals surface area contributed by atoms with Gasteiger partial charge in [-0.2, -0.15) is 0 Å². The third-order valence-electron chi connectivity index (χ3n) is 4.15. The van der Waals surface area contributed by atoms with Gasteiger partial charge in [-0.25, -0.2) is 0 Å². The first kappa shape index (κ1) is 14.4. The molecule has 0 saturated carbocycles. The summed E-state index contributed by atoms with van der Waals surface area (Å²) >= 11 is 0. The fraction of sp³-hybridized carbons (Fsp3) is 0.500. The molecule has 1 unspecified atom stereocenters. The average Bonchev–Trinajstić information content (AvgIpc) is 2.56. The smallest absolute Gasteiger partial charge is 0.400 e. The van der Waals surface area contributed by atoms with Gasteiger partial charge < -0.3 is 9.31 Å². The second-order valence-electron chi connectivity index (χ2n) is 6.21. The Morgan fingerprint density at radius 1 is 1.00 bits per heavy atom. The lowest BCUT2D eigenvalue weighted by Crippen LogP contribution is -2.41. The Kier molecular flexibility index (Phi) is 3.89. The van der Waals surface area contributed by atoms with Gasteiger partial charge in [0.15, 0.2) is 0 Å². The molecule has 1 saturated heterocycles. The second kappa shape index (κ2) is 5.14. The van der Waals surface area contributed by atoms with Gasteiger partial charge in [-0.05, 0) is 39.2 Å². The number of rotatable bonds is 3. The van der Waals surface area contributed by atoms with Crippen molar-refractivity contribution in [2.24, 2.45) is 0 Å². The van der Waals surface area contributed by atoms with E-state index < -0.39 is 0 Å². The van der Waals surface area contributed by atoms with Crippen molar-refractivity contribution < 1.29 is 9.31 Å². The van der Waals surface area contributed by atoms with Crippen molar-refractivity contribution >= 4 is 7.12 Å². The molecule has 1 aromatic carbocycles. The monoisotopic (exact) mass is 258 g/mol. The van der Waals surface area contributed by atoms with Crippen LogP contribution in [0.25, 0.3) is 0 Å². The van der Waals surface area contributed by atoms with Crippen molar-refractivity contribution in [3.63, 3.8) is 0 Å². The Balaban J connectivity index is 2.01. The topological polar surface area (TPSA) is 18.5 Å². The van der Waals surface area contributed by atoms with E-state index in [9.17, 15) is 0 Å². The highest BCUT2D eigenvalue weighted by molar-refractivity contribution is 6.51. The molecule has 0 spiro atoms. The molecule has 3 heteroatoms. The van der Waals surface area contributed by atoms with E-state index in [4.69, 9.17) is 9.31 Å². The van der Waals surface area contributed by atoms with Crippen molar-refractivity contribution in [1.82, 2.24) is 0 Å². The summed E-state index contributed by atoms with van der Waals surface area (Å²) in [6, 6.07) is 10.4. The SMILES string of the molecule is CC(/C=C/B1OC(C)(C)C(C)(C)O1)c1ccccc1. The lowest BCUT2D eigenvalue weighted by Gasteiger charge is -2.32. The fourth-order valence-corrected chi connectivity index (χ4v) is 2.09. The molecule has 19 heavy (non-hydrogen) atoms. The summed E-state index contributed by atoms with van der Waals surface area (Å²) in [4.78, 5) is 0. The summed E-state index contributed by atoms with van der Waals surface area (Å²) < 4.78 is 11.9. The molecule has 0 N–H and O–H groups in total. The zero-order valence-corrected chi connectivity index (χ0v) is 12.5. The van der Waals surface area contributed by atoms with Gasteiger partial charge in [0.25, 0.3) is 0 Å². The highest BCUT2D eigenvalue weighted by Crippen LogP contribution is 2.37. The van der Waals surface area contributed by atoms with Gasteiger partial charge in [-0.3, -0.25) is 0 Å². The number of hydrogen-bond acceptors (Lipinski definition) is 2. The van der Waals surface area contributed by atoms with Gasteiger partial charge in [0, 0.05) is 0 Å². The van der Waals surface area contributed by atoms with Crippen LogP contribution in [0.2, 0.25) is 0 Å². The minimum Gasteiger partial charge on any atom is -0.400 e. The molecule has 2 nitrogen and oxygen atoms in total. The van der Waals surface area contributed by atoms with Crippen molar-refractivity contribution in [1.29, 1.82) is 0 Å². The molecular formula is C16H23BO2. The number of benzene rings is 1. The third kappa shape index (κ3) is 3.10. The summed E-state index contributed by atoms with van der Waals surface area (Å²) in [6.45, 7) is 10.5. The molecule has 1 fully saturated rings. The van der Waals surface area contributed by atoms with E-state index in [1.165, 1.54) is 5.56 Å². The zero-order valence-electron chi connectivity index (χ0n) is 12.5. The van der Waals surface area contributed by atoms with E-state index in [1.54, 1.807) is 0 Å². The summed E-state index contributed by atoms with van der Waals surface area (Å²) in [5.74, 6) is 2.38. The van der Waals surface area contributed by atoms with Gasteiger partial charge in [0.1, 0.15) is 0 Å². The second-order valence-corrected chi connectivity index (χ2v) is 6.21. The largest absolute Gasteiger partial charge is 0.486 e. The van der Waals surface area contributed by atoms with Crippen molar-refractivity contribution in [2.75, 3.05) is 0 Å². The standard InChI is InChI=1S/C16H23BO2/c1-13(14-9-7-6-8-10-14)11-12-17-18-15(2,3)16(4,5)19-17/h6-13H,1-5H3/b12-11+. The zero-order chi connectivity index (χ0) is 14.1. The molecule has 0 aromatic heterocycles. The van der Waals surface area contributed by atoms with E-state index >= 15 is 0 Å². The first-order valence-electron chi connectivity index (χ1n) is 6.91. The molecule has 1 heterocycles. The number of hydrogen-bond donors (Lipinski definition) is 0. The van der Waals surface area contributed by atoms with Crippen LogP contribution in [0.3, 0.4) is 0 Å². The maximum Gasteiger partial charge on any atom is 0.486 e. The molecule has 1 atom stereocenters. The first-order chi connectivity index (χ1) is 8.82. The quantitative estimate of drug-likeness (QED) is 0.763. The van der Waals surface area contributed by atoms with Crippen LogP contribution in [0.4, 0.5) is 0 Å². The lowest BCUT2D eigenvalue weighted by molar-refractivity contribution is 0.00578. The minimum atomic E-state index is -0.266. The van der Waals surface area contributed by atoms with Crippen molar-refractivity contribution in [2.45, 2.75) is 51.7 Å². The van der Waals surface area contributed by atoms with Gasteiger partial charge in [0.2, 0.25) is 0 Å². The molecule has 0 amide bonds. The minimum absolute atomic E-state index is 0.254. The predicted molar refractivity (Wildman–Crippen MR) is 80.1 cm³/mol. The van der Waals surface area contributed by atoms with E-state index in [-0.39, 0.29) is 18.3 Å². The van der Waals surface area contributed by atoms with Crippen LogP contribution in [-0.2, 0) is 9.31 Å². The molecule has 1 aromatic rings. The number of allylic oxidation sites excluding steroid dienone is 1. The Hall–Kier alpha value is -1.06. The Morgan fingerprint density at radius 3 is 2.05 bits per heavy atom. The Morgan fingerprint density at radius 2 is 1.53 bits per heavy atom. The fourth-order valence-electron chi connectivity index (χ4n) is 2.09. The van der Waals surface area contributed by atoms with Gasteiger partial charge in [-0.15, -0.1) is 0 Å². The average molecular weight is 258 g/mol. The van der Waals surface area contributed by atoms with Crippen LogP contribution in [0, 0.1) is 0 Å². The normalized spacial score (nSPS) is 22.9. The van der Waals surface area contributed by atoms with Crippen LogP contribution in [0.1, 0.15) is 46.1 Å².